The number of hydrogen-bond acceptors (Lipinski definition) is 3. The summed E-state index contributed by atoms with van der Waals surface area (Å²) in [6.07, 6.45) is 3.11. The van der Waals surface area contributed by atoms with E-state index in [-0.39, 0.29) is 5.75 Å². The summed E-state index contributed by atoms with van der Waals surface area (Å²) in [4.78, 5) is 6.49. The zero-order valence-corrected chi connectivity index (χ0v) is 13.7. The Bertz CT molecular complexity index is 422. The van der Waals surface area contributed by atoms with Gasteiger partial charge in [-0.25, -0.2) is 12.7 Å². The molecule has 1 rings (SSSR count). The zero-order valence-electron chi connectivity index (χ0n) is 12.9. The van der Waals surface area contributed by atoms with Crippen molar-refractivity contribution in [3.63, 3.8) is 0 Å². The van der Waals surface area contributed by atoms with Crippen LogP contribution in [0.3, 0.4) is 0 Å². The number of piperidine rings is 1. The smallest absolute Gasteiger partial charge is 0.213 e. The molecule has 118 valence electrons. The Labute approximate surface area is 123 Å². The van der Waals surface area contributed by atoms with Crippen molar-refractivity contribution in [3.05, 3.63) is 0 Å². The number of sulfonamides is 1. The van der Waals surface area contributed by atoms with Gasteiger partial charge in [-0.2, -0.15) is 0 Å². The van der Waals surface area contributed by atoms with Gasteiger partial charge in [0.2, 0.25) is 10.0 Å². The van der Waals surface area contributed by atoms with Gasteiger partial charge in [0, 0.05) is 33.2 Å². The summed E-state index contributed by atoms with van der Waals surface area (Å²) in [7, 11) is -1.47. The maximum Gasteiger partial charge on any atom is 0.213 e. The Morgan fingerprint density at radius 1 is 1.50 bits per heavy atom. The summed E-state index contributed by atoms with van der Waals surface area (Å²) >= 11 is 0. The molecule has 0 bridgehead atoms. The van der Waals surface area contributed by atoms with E-state index < -0.39 is 10.0 Å². The number of hydrogen-bond donors (Lipinski definition) is 1. The standard InChI is InChI=1S/C13H28N4O2S/c1-4-20(18,19)16(3)9-6-8-15-13(14)17-10-5-7-12(2)11-17/h12H,4-11H2,1-3H3,(H2,14,15). The van der Waals surface area contributed by atoms with Gasteiger partial charge in [0.05, 0.1) is 5.75 Å². The van der Waals surface area contributed by atoms with Crippen LogP contribution in [0.4, 0.5) is 0 Å². The van der Waals surface area contributed by atoms with E-state index in [1.54, 1.807) is 14.0 Å². The van der Waals surface area contributed by atoms with Gasteiger partial charge < -0.3 is 10.6 Å². The highest BCUT2D eigenvalue weighted by molar-refractivity contribution is 7.89. The van der Waals surface area contributed by atoms with Crippen LogP contribution in [0.5, 0.6) is 0 Å². The molecule has 0 aromatic rings. The van der Waals surface area contributed by atoms with E-state index in [1.165, 1.54) is 10.7 Å². The van der Waals surface area contributed by atoms with E-state index in [9.17, 15) is 8.42 Å². The van der Waals surface area contributed by atoms with E-state index in [1.807, 2.05) is 0 Å². The fourth-order valence-electron chi connectivity index (χ4n) is 2.34. The summed E-state index contributed by atoms with van der Waals surface area (Å²) in [5.74, 6) is 1.40. The monoisotopic (exact) mass is 304 g/mol. The average molecular weight is 304 g/mol. The minimum atomic E-state index is -3.08. The molecule has 0 spiro atoms. The first-order chi connectivity index (χ1) is 9.36. The third kappa shape index (κ3) is 5.28. The van der Waals surface area contributed by atoms with E-state index in [0.29, 0.717) is 31.4 Å². The summed E-state index contributed by atoms with van der Waals surface area (Å²) in [5, 5.41) is 0. The molecule has 7 heteroatoms. The molecule has 1 atom stereocenters. The molecule has 0 aromatic carbocycles. The van der Waals surface area contributed by atoms with Crippen molar-refractivity contribution in [1.29, 1.82) is 0 Å². The van der Waals surface area contributed by atoms with E-state index in [0.717, 1.165) is 19.5 Å². The number of nitrogens with zero attached hydrogens (tertiary/aromatic N) is 3. The van der Waals surface area contributed by atoms with E-state index in [4.69, 9.17) is 5.73 Å². The van der Waals surface area contributed by atoms with Crippen molar-refractivity contribution in [2.45, 2.75) is 33.1 Å². The number of guanidine groups is 1. The summed E-state index contributed by atoms with van der Waals surface area (Å²) in [5.41, 5.74) is 5.98. The molecule has 0 amide bonds. The van der Waals surface area contributed by atoms with Crippen LogP contribution in [-0.2, 0) is 10.0 Å². The van der Waals surface area contributed by atoms with Crippen molar-refractivity contribution in [3.8, 4) is 0 Å². The van der Waals surface area contributed by atoms with Crippen LogP contribution in [-0.4, -0.2) is 62.6 Å². The molecule has 0 aromatic heterocycles. The lowest BCUT2D eigenvalue weighted by Gasteiger charge is -2.31. The van der Waals surface area contributed by atoms with Crippen LogP contribution < -0.4 is 5.73 Å². The molecule has 0 saturated carbocycles. The quantitative estimate of drug-likeness (QED) is 0.445. The first-order valence-electron chi connectivity index (χ1n) is 7.35. The highest BCUT2D eigenvalue weighted by Crippen LogP contribution is 2.14. The van der Waals surface area contributed by atoms with Crippen LogP contribution in [0.2, 0.25) is 0 Å². The lowest BCUT2D eigenvalue weighted by molar-refractivity contribution is 0.270. The normalized spacial score (nSPS) is 21.5. The van der Waals surface area contributed by atoms with Crippen molar-refractivity contribution >= 4 is 16.0 Å². The predicted molar refractivity (Wildman–Crippen MR) is 83.2 cm³/mol. The molecular formula is C13H28N4O2S. The Balaban J connectivity index is 2.33. The molecule has 2 N–H and O–H groups in total. The predicted octanol–water partition coefficient (Wildman–Crippen LogP) is 0.705. The zero-order chi connectivity index (χ0) is 15.2. The molecule has 6 nitrogen and oxygen atoms in total. The van der Waals surface area contributed by atoms with E-state index >= 15 is 0 Å². The first kappa shape index (κ1) is 17.2. The first-order valence-corrected chi connectivity index (χ1v) is 8.96. The Morgan fingerprint density at radius 3 is 2.80 bits per heavy atom. The highest BCUT2D eigenvalue weighted by atomic mass is 32.2. The summed E-state index contributed by atoms with van der Waals surface area (Å²) in [6, 6.07) is 0. The van der Waals surface area contributed by atoms with Gasteiger partial charge in [-0.05, 0) is 32.1 Å². The molecule has 1 aliphatic rings. The second-order valence-electron chi connectivity index (χ2n) is 5.51. The van der Waals surface area contributed by atoms with Crippen molar-refractivity contribution in [2.24, 2.45) is 16.6 Å². The van der Waals surface area contributed by atoms with Gasteiger partial charge in [-0.3, -0.25) is 4.99 Å². The van der Waals surface area contributed by atoms with Gasteiger partial charge >= 0.3 is 0 Å². The molecule has 1 unspecified atom stereocenters. The average Bonchev–Trinajstić information content (AvgIpc) is 2.42. The van der Waals surface area contributed by atoms with Gasteiger partial charge in [0.1, 0.15) is 0 Å². The molecule has 1 aliphatic heterocycles. The summed E-state index contributed by atoms with van der Waals surface area (Å²) in [6.45, 7) is 6.89. The maximum absolute atomic E-state index is 11.6. The lowest BCUT2D eigenvalue weighted by atomic mass is 10.0. The van der Waals surface area contributed by atoms with Crippen molar-refractivity contribution in [2.75, 3.05) is 39.0 Å². The number of likely N-dealkylation sites (tertiary alicyclic amines) is 1. The minimum Gasteiger partial charge on any atom is -0.370 e. The minimum absolute atomic E-state index is 0.139. The Morgan fingerprint density at radius 2 is 2.20 bits per heavy atom. The fraction of sp³-hybridized carbons (Fsp3) is 0.923. The molecular weight excluding hydrogens is 276 g/mol. The Kier molecular flexibility index (Phi) is 6.75. The third-order valence-electron chi connectivity index (χ3n) is 3.73. The second kappa shape index (κ2) is 7.83. The van der Waals surface area contributed by atoms with Crippen molar-refractivity contribution < 1.29 is 8.42 Å². The molecule has 0 aliphatic carbocycles. The number of rotatable bonds is 6. The van der Waals surface area contributed by atoms with Gasteiger partial charge in [0.15, 0.2) is 5.96 Å². The van der Waals surface area contributed by atoms with Crippen LogP contribution in [0, 0.1) is 5.92 Å². The fourth-order valence-corrected chi connectivity index (χ4v) is 3.19. The van der Waals surface area contributed by atoms with Crippen LogP contribution in [0.25, 0.3) is 0 Å². The summed E-state index contributed by atoms with van der Waals surface area (Å²) < 4.78 is 24.5. The van der Waals surface area contributed by atoms with E-state index in [2.05, 4.69) is 16.8 Å². The molecule has 1 fully saturated rings. The molecule has 1 heterocycles. The third-order valence-corrected chi connectivity index (χ3v) is 5.59. The highest BCUT2D eigenvalue weighted by Gasteiger charge is 2.17. The second-order valence-corrected chi connectivity index (χ2v) is 7.87. The van der Waals surface area contributed by atoms with Crippen molar-refractivity contribution in [1.82, 2.24) is 9.21 Å². The topological polar surface area (TPSA) is 79.0 Å². The van der Waals surface area contributed by atoms with Crippen LogP contribution >= 0.6 is 0 Å². The van der Waals surface area contributed by atoms with Gasteiger partial charge in [0.25, 0.3) is 0 Å². The van der Waals surface area contributed by atoms with Gasteiger partial charge in [-0.1, -0.05) is 6.92 Å². The SMILES string of the molecule is CCS(=O)(=O)N(C)CCCN=C(N)N1CCCC(C)C1. The lowest BCUT2D eigenvalue weighted by Crippen LogP contribution is -2.43. The number of aliphatic imine (C=N–C) groups is 1. The molecule has 1 saturated heterocycles. The number of nitrogens with two attached hydrogens (primary N) is 1. The Hall–Kier alpha value is -0.820. The maximum atomic E-state index is 11.6. The molecule has 20 heavy (non-hydrogen) atoms. The molecule has 0 radical (unpaired) electrons. The van der Waals surface area contributed by atoms with Crippen LogP contribution in [0.1, 0.15) is 33.1 Å². The largest absolute Gasteiger partial charge is 0.370 e. The van der Waals surface area contributed by atoms with Crippen LogP contribution in [0.15, 0.2) is 4.99 Å². The van der Waals surface area contributed by atoms with Gasteiger partial charge in [-0.15, -0.1) is 0 Å².